The van der Waals surface area contributed by atoms with Gasteiger partial charge in [0.2, 0.25) is 0 Å². The largest absolute Gasteiger partial charge is 0.462 e. The van der Waals surface area contributed by atoms with E-state index in [9.17, 15) is 4.79 Å². The zero-order valence-corrected chi connectivity index (χ0v) is 10.1. The number of rotatable bonds is 4. The van der Waals surface area contributed by atoms with Crippen LogP contribution in [0.5, 0.6) is 0 Å². The Morgan fingerprint density at radius 1 is 1.50 bits per heavy atom. The van der Waals surface area contributed by atoms with Crippen LogP contribution in [0.4, 0.5) is 0 Å². The minimum atomic E-state index is -0.438. The maximum atomic E-state index is 11.5. The van der Waals surface area contributed by atoms with Crippen molar-refractivity contribution in [3.8, 4) is 6.07 Å². The van der Waals surface area contributed by atoms with Gasteiger partial charge in [-0.05, 0) is 30.9 Å². The number of benzene rings is 1. The van der Waals surface area contributed by atoms with Gasteiger partial charge in [-0.3, -0.25) is 0 Å². The van der Waals surface area contributed by atoms with Crippen LogP contribution in [0.1, 0.15) is 29.8 Å². The van der Waals surface area contributed by atoms with Gasteiger partial charge < -0.3 is 4.74 Å². The summed E-state index contributed by atoms with van der Waals surface area (Å²) in [5, 5.41) is 8.96. The molecule has 0 aliphatic rings. The first-order chi connectivity index (χ1) is 7.72. The number of nitriles is 1. The molecule has 3 nitrogen and oxygen atoms in total. The molecule has 0 aromatic heterocycles. The van der Waals surface area contributed by atoms with Crippen LogP contribution < -0.4 is 0 Å². The van der Waals surface area contributed by atoms with Crippen molar-refractivity contribution in [3.05, 3.63) is 29.3 Å². The van der Waals surface area contributed by atoms with Crippen LogP contribution in [0.2, 0.25) is 0 Å². The zero-order valence-electron chi connectivity index (χ0n) is 9.32. The third kappa shape index (κ3) is 3.01. The van der Waals surface area contributed by atoms with Crippen molar-refractivity contribution in [1.82, 2.24) is 0 Å². The molecule has 0 saturated carbocycles. The van der Waals surface area contributed by atoms with Gasteiger partial charge in [-0.25, -0.2) is 4.79 Å². The molecule has 1 aromatic rings. The Bertz CT molecular complexity index is 424. The number of esters is 1. The van der Waals surface area contributed by atoms with Crippen LogP contribution in [0.3, 0.4) is 0 Å². The highest BCUT2D eigenvalue weighted by atomic mass is 32.2. The van der Waals surface area contributed by atoms with Crippen molar-refractivity contribution in [2.24, 2.45) is 0 Å². The molecule has 1 rings (SSSR count). The fraction of sp³-hybridized carbons (Fsp3) is 0.333. The summed E-state index contributed by atoms with van der Waals surface area (Å²) < 4.78 is 4.87. The number of nitrogens with zero attached hydrogens (tertiary/aromatic N) is 1. The molecule has 0 aliphatic carbocycles. The summed E-state index contributed by atoms with van der Waals surface area (Å²) in [6.45, 7) is 4.09. The van der Waals surface area contributed by atoms with Gasteiger partial charge in [-0.15, -0.1) is 11.8 Å². The molecule has 4 heteroatoms. The van der Waals surface area contributed by atoms with Crippen molar-refractivity contribution in [1.29, 1.82) is 5.26 Å². The summed E-state index contributed by atoms with van der Waals surface area (Å²) in [6.07, 6.45) is 0. The molecule has 84 valence electrons. The number of carbonyl (C=O) groups is 1. The monoisotopic (exact) mass is 235 g/mol. The first-order valence-corrected chi connectivity index (χ1v) is 6.05. The van der Waals surface area contributed by atoms with E-state index in [1.54, 1.807) is 30.8 Å². The highest BCUT2D eigenvalue weighted by molar-refractivity contribution is 7.99. The van der Waals surface area contributed by atoms with Gasteiger partial charge >= 0.3 is 5.97 Å². The molecule has 0 heterocycles. The number of ether oxygens (including phenoxy) is 1. The van der Waals surface area contributed by atoms with Gasteiger partial charge in [0.05, 0.1) is 17.7 Å². The lowest BCUT2D eigenvalue weighted by Gasteiger charge is -2.05. The van der Waals surface area contributed by atoms with E-state index < -0.39 is 5.97 Å². The standard InChI is InChI=1S/C12H13NO2S/c1-3-15-12(14)11-6-5-10(16-4-2)7-9(11)8-13/h5-7H,3-4H2,1-2H3. The highest BCUT2D eigenvalue weighted by Gasteiger charge is 2.12. The van der Waals surface area contributed by atoms with E-state index in [0.717, 1.165) is 10.6 Å². The molecule has 0 radical (unpaired) electrons. The average Bonchev–Trinajstić information content (AvgIpc) is 2.29. The van der Waals surface area contributed by atoms with Gasteiger partial charge in [-0.2, -0.15) is 5.26 Å². The molecule has 0 unspecified atom stereocenters. The van der Waals surface area contributed by atoms with Crippen molar-refractivity contribution < 1.29 is 9.53 Å². The maximum absolute atomic E-state index is 11.5. The topological polar surface area (TPSA) is 50.1 Å². The summed E-state index contributed by atoms with van der Waals surface area (Å²) in [5.41, 5.74) is 0.710. The van der Waals surface area contributed by atoms with Crippen molar-refractivity contribution in [2.75, 3.05) is 12.4 Å². The molecule has 16 heavy (non-hydrogen) atoms. The Hall–Kier alpha value is -1.47. The minimum Gasteiger partial charge on any atom is -0.462 e. The van der Waals surface area contributed by atoms with Gasteiger partial charge in [0.1, 0.15) is 6.07 Å². The Kier molecular flexibility index (Phi) is 4.87. The second-order valence-corrected chi connectivity index (χ2v) is 4.31. The first kappa shape index (κ1) is 12.6. The van der Waals surface area contributed by atoms with Crippen molar-refractivity contribution in [3.63, 3.8) is 0 Å². The highest BCUT2D eigenvalue weighted by Crippen LogP contribution is 2.21. The van der Waals surface area contributed by atoms with E-state index in [1.165, 1.54) is 0 Å². The van der Waals surface area contributed by atoms with Crippen LogP contribution in [-0.2, 0) is 4.74 Å². The number of carbonyl (C=O) groups excluding carboxylic acids is 1. The molecule has 0 fully saturated rings. The average molecular weight is 235 g/mol. The van der Waals surface area contributed by atoms with Crippen LogP contribution in [0.15, 0.2) is 23.1 Å². The molecule has 1 aromatic carbocycles. The molecule has 0 bridgehead atoms. The molecule has 0 aliphatic heterocycles. The molecule has 0 N–H and O–H groups in total. The molecular weight excluding hydrogens is 222 g/mol. The molecular formula is C12H13NO2S. The molecule has 0 atom stereocenters. The smallest absolute Gasteiger partial charge is 0.339 e. The lowest BCUT2D eigenvalue weighted by Crippen LogP contribution is -2.06. The van der Waals surface area contributed by atoms with Gasteiger partial charge in [0.15, 0.2) is 0 Å². The van der Waals surface area contributed by atoms with Crippen molar-refractivity contribution >= 4 is 17.7 Å². The summed E-state index contributed by atoms with van der Waals surface area (Å²) in [6, 6.07) is 7.22. The van der Waals surface area contributed by atoms with Gasteiger partial charge in [0, 0.05) is 4.90 Å². The van der Waals surface area contributed by atoms with E-state index in [4.69, 9.17) is 10.00 Å². The minimum absolute atomic E-state index is 0.315. The Labute approximate surface area is 99.4 Å². The maximum Gasteiger partial charge on any atom is 0.339 e. The van der Waals surface area contributed by atoms with Gasteiger partial charge in [0.25, 0.3) is 0 Å². The second kappa shape index (κ2) is 6.19. The summed E-state index contributed by atoms with van der Waals surface area (Å²) in [5.74, 6) is 0.496. The molecule has 0 saturated heterocycles. The van der Waals surface area contributed by atoms with Crippen LogP contribution in [0.25, 0.3) is 0 Å². The lowest BCUT2D eigenvalue weighted by molar-refractivity contribution is 0.0526. The second-order valence-electron chi connectivity index (χ2n) is 2.97. The third-order valence-electron chi connectivity index (χ3n) is 1.92. The predicted octanol–water partition coefficient (Wildman–Crippen LogP) is 2.85. The van der Waals surface area contributed by atoms with Crippen LogP contribution in [-0.4, -0.2) is 18.3 Å². The predicted molar refractivity (Wildman–Crippen MR) is 63.5 cm³/mol. The lowest BCUT2D eigenvalue weighted by atomic mass is 10.1. The van der Waals surface area contributed by atoms with Crippen molar-refractivity contribution in [2.45, 2.75) is 18.7 Å². The van der Waals surface area contributed by atoms with E-state index in [2.05, 4.69) is 0 Å². The Morgan fingerprint density at radius 2 is 2.25 bits per heavy atom. The Morgan fingerprint density at radius 3 is 2.81 bits per heavy atom. The van der Waals surface area contributed by atoms with E-state index in [0.29, 0.717) is 17.7 Å². The fourth-order valence-corrected chi connectivity index (χ4v) is 1.96. The van der Waals surface area contributed by atoms with Crippen LogP contribution in [0, 0.1) is 11.3 Å². The summed E-state index contributed by atoms with van der Waals surface area (Å²) >= 11 is 1.64. The summed E-state index contributed by atoms with van der Waals surface area (Å²) in [4.78, 5) is 12.5. The number of hydrogen-bond acceptors (Lipinski definition) is 4. The van der Waals surface area contributed by atoms with Crippen LogP contribution >= 0.6 is 11.8 Å². The van der Waals surface area contributed by atoms with E-state index in [1.807, 2.05) is 19.1 Å². The third-order valence-corrected chi connectivity index (χ3v) is 2.79. The molecule has 0 amide bonds. The quantitative estimate of drug-likeness (QED) is 0.594. The SMILES string of the molecule is CCOC(=O)c1ccc(SCC)cc1C#N. The van der Waals surface area contributed by atoms with Gasteiger partial charge in [-0.1, -0.05) is 6.92 Å². The molecule has 0 spiro atoms. The number of thioether (sulfide) groups is 1. The number of hydrogen-bond donors (Lipinski definition) is 0. The van der Waals surface area contributed by atoms with E-state index >= 15 is 0 Å². The Balaban J connectivity index is 3.03. The fourth-order valence-electron chi connectivity index (χ4n) is 1.26. The normalized spacial score (nSPS) is 9.56. The zero-order chi connectivity index (χ0) is 12.0. The summed E-state index contributed by atoms with van der Waals surface area (Å²) in [7, 11) is 0. The van der Waals surface area contributed by atoms with E-state index in [-0.39, 0.29) is 0 Å². The first-order valence-electron chi connectivity index (χ1n) is 5.07.